The number of fused-ring (bicyclic) bond motifs is 5. The summed E-state index contributed by atoms with van der Waals surface area (Å²) in [4.78, 5) is 22.7. The quantitative estimate of drug-likeness (QED) is 0.281. The molecule has 0 aromatic carbocycles. The van der Waals surface area contributed by atoms with Crippen molar-refractivity contribution in [3.63, 3.8) is 0 Å². The number of carbonyl (C=O) groups excluding carboxylic acids is 1. The average Bonchev–Trinajstić information content (AvgIpc) is 3.12. The van der Waals surface area contributed by atoms with Crippen LogP contribution in [-0.4, -0.2) is 46.7 Å². The van der Waals surface area contributed by atoms with E-state index in [1.54, 1.807) is 0 Å². The van der Waals surface area contributed by atoms with Gasteiger partial charge in [-0.15, -0.1) is 0 Å². The lowest BCUT2D eigenvalue weighted by molar-refractivity contribution is -0.282. The van der Waals surface area contributed by atoms with Gasteiger partial charge in [0.25, 0.3) is 0 Å². The summed E-state index contributed by atoms with van der Waals surface area (Å²) in [6.45, 7) is 3.27. The van der Waals surface area contributed by atoms with Crippen molar-refractivity contribution in [1.29, 1.82) is 0 Å². The highest BCUT2D eigenvalue weighted by atomic mass is 19.4. The molecule has 0 saturated heterocycles. The Kier molecular flexibility index (Phi) is 7.23. The van der Waals surface area contributed by atoms with E-state index in [1.165, 1.54) is 0 Å². The molecule has 200 valence electrons. The minimum Gasteiger partial charge on any atom is -0.481 e. The molecule has 0 aromatic rings. The molecule has 4 fully saturated rings. The molecule has 5 nitrogen and oxygen atoms in total. The van der Waals surface area contributed by atoms with Gasteiger partial charge in [-0.1, -0.05) is 13.8 Å². The number of carboxylic acid groups (broad SMARTS) is 1. The summed E-state index contributed by atoms with van der Waals surface area (Å²) in [6.07, 6.45) is -1.11. The van der Waals surface area contributed by atoms with E-state index in [4.69, 9.17) is 9.84 Å². The van der Waals surface area contributed by atoms with E-state index in [-0.39, 0.29) is 41.9 Å². The predicted molar refractivity (Wildman–Crippen MR) is 119 cm³/mol. The van der Waals surface area contributed by atoms with Gasteiger partial charge in [-0.3, -0.25) is 9.59 Å². The fourth-order valence-corrected chi connectivity index (χ4v) is 8.91. The van der Waals surface area contributed by atoms with Crippen molar-refractivity contribution < 1.29 is 42.1 Å². The maximum atomic E-state index is 13.9. The fraction of sp³-hybridized carbons (Fsp3) is 0.923. The highest BCUT2D eigenvalue weighted by Gasteiger charge is 2.62. The van der Waals surface area contributed by atoms with Crippen molar-refractivity contribution in [2.24, 2.45) is 46.8 Å². The first-order valence-corrected chi connectivity index (χ1v) is 13.1. The molecular formula is C26H38F4O5. The number of aliphatic carboxylic acids is 1. The predicted octanol–water partition coefficient (Wildman–Crippen LogP) is 5.54. The van der Waals surface area contributed by atoms with E-state index in [0.717, 1.165) is 32.1 Å². The van der Waals surface area contributed by atoms with E-state index in [2.05, 4.69) is 6.92 Å². The Labute approximate surface area is 204 Å². The van der Waals surface area contributed by atoms with Crippen molar-refractivity contribution in [2.75, 3.05) is 6.67 Å². The molecule has 0 heterocycles. The molecule has 9 heteroatoms. The Morgan fingerprint density at radius 3 is 2.34 bits per heavy atom. The molecule has 0 bridgehead atoms. The summed E-state index contributed by atoms with van der Waals surface area (Å²) < 4.78 is 59.5. The number of aliphatic hydroxyl groups is 1. The van der Waals surface area contributed by atoms with E-state index in [9.17, 15) is 32.3 Å². The second-order valence-corrected chi connectivity index (χ2v) is 12.0. The van der Waals surface area contributed by atoms with E-state index in [0.29, 0.717) is 30.6 Å². The van der Waals surface area contributed by atoms with Crippen LogP contribution < -0.4 is 0 Å². The minimum absolute atomic E-state index is 0.0680. The summed E-state index contributed by atoms with van der Waals surface area (Å²) >= 11 is 0. The highest BCUT2D eigenvalue weighted by Crippen LogP contribution is 2.66. The Morgan fingerprint density at radius 2 is 1.71 bits per heavy atom. The zero-order valence-corrected chi connectivity index (χ0v) is 20.5. The minimum atomic E-state index is -4.59. The van der Waals surface area contributed by atoms with Gasteiger partial charge >= 0.3 is 18.1 Å². The van der Waals surface area contributed by atoms with Crippen LogP contribution >= 0.6 is 0 Å². The second kappa shape index (κ2) is 9.49. The van der Waals surface area contributed by atoms with Crippen LogP contribution in [0, 0.1) is 46.8 Å². The van der Waals surface area contributed by atoms with E-state index >= 15 is 0 Å². The van der Waals surface area contributed by atoms with Crippen LogP contribution in [0.15, 0.2) is 0 Å². The van der Waals surface area contributed by atoms with Gasteiger partial charge in [0.15, 0.2) is 5.60 Å². The lowest BCUT2D eigenvalue weighted by Crippen LogP contribution is -2.55. The largest absolute Gasteiger partial charge is 0.481 e. The Balaban J connectivity index is 1.45. The molecule has 4 rings (SSSR count). The first-order valence-electron chi connectivity index (χ1n) is 13.1. The van der Waals surface area contributed by atoms with Crippen LogP contribution in [-0.2, 0) is 14.3 Å². The number of ether oxygens (including phenoxy) is 1. The second-order valence-electron chi connectivity index (χ2n) is 12.0. The molecule has 0 aromatic heterocycles. The standard InChI is InChI=1S/C26H38F4O5/c1-14(21(13-27)35-23(33)11-22(31)32)19-5-6-20-18-4-3-15-12-25(34,26(28,29)30)10-8-16(15)17(18)7-9-24(19,20)2/h14-21,34H,3-13H2,1-2H3,(H,31,32)/t14-,15+,16-,17+,18+,19+,20-,21+,24+,25+/m0/s1. The topological polar surface area (TPSA) is 83.8 Å². The molecule has 4 saturated carbocycles. The SMILES string of the molecule is C[C@@H]([C@H]1CC[C@H]2[C@@H]3CC[C@@H]4C[C@@](O)(C(F)(F)F)CC[C@@H]4[C@H]3CC[C@]12C)[C@@H](CF)OC(=O)CC(=O)O. The molecule has 0 aliphatic heterocycles. The molecule has 4 aliphatic rings. The van der Waals surface area contributed by atoms with Gasteiger partial charge in [0.2, 0.25) is 0 Å². The number of hydrogen-bond donors (Lipinski definition) is 2. The van der Waals surface area contributed by atoms with Gasteiger partial charge < -0.3 is 14.9 Å². The molecule has 4 aliphatic carbocycles. The molecule has 2 N–H and O–H groups in total. The van der Waals surface area contributed by atoms with Gasteiger partial charge in [-0.05, 0) is 105 Å². The van der Waals surface area contributed by atoms with E-state index < -0.39 is 42.9 Å². The number of carboxylic acids is 1. The third-order valence-electron chi connectivity index (χ3n) is 10.6. The zero-order valence-electron chi connectivity index (χ0n) is 20.5. The molecule has 0 unspecified atom stereocenters. The Hall–Kier alpha value is -1.38. The van der Waals surface area contributed by atoms with E-state index in [1.807, 2.05) is 6.92 Å². The third kappa shape index (κ3) is 4.71. The highest BCUT2D eigenvalue weighted by molar-refractivity contribution is 5.90. The van der Waals surface area contributed by atoms with Gasteiger partial charge in [-0.2, -0.15) is 13.2 Å². The smallest absolute Gasteiger partial charge is 0.417 e. The van der Waals surface area contributed by atoms with Crippen LogP contribution in [0.1, 0.15) is 78.1 Å². The number of esters is 1. The summed E-state index contributed by atoms with van der Waals surface area (Å²) in [5.74, 6) is -1.05. The average molecular weight is 507 g/mol. The maximum absolute atomic E-state index is 13.9. The normalized spacial score (nSPS) is 42.8. The van der Waals surface area contributed by atoms with Crippen molar-refractivity contribution in [3.8, 4) is 0 Å². The van der Waals surface area contributed by atoms with Crippen LogP contribution in [0.25, 0.3) is 0 Å². The van der Waals surface area contributed by atoms with Gasteiger partial charge in [-0.25, -0.2) is 4.39 Å². The third-order valence-corrected chi connectivity index (χ3v) is 10.6. The molecule has 0 amide bonds. The summed E-state index contributed by atoms with van der Waals surface area (Å²) in [5, 5.41) is 19.1. The Morgan fingerprint density at radius 1 is 1.03 bits per heavy atom. The first-order chi connectivity index (χ1) is 16.3. The summed E-state index contributed by atoms with van der Waals surface area (Å²) in [7, 11) is 0. The molecular weight excluding hydrogens is 468 g/mol. The summed E-state index contributed by atoms with van der Waals surface area (Å²) in [6, 6.07) is 0. The number of hydrogen-bond acceptors (Lipinski definition) is 4. The van der Waals surface area contributed by atoms with Crippen molar-refractivity contribution in [3.05, 3.63) is 0 Å². The van der Waals surface area contributed by atoms with Gasteiger partial charge in [0.1, 0.15) is 19.2 Å². The molecule has 10 atom stereocenters. The number of carbonyl (C=O) groups is 2. The van der Waals surface area contributed by atoms with Gasteiger partial charge in [0, 0.05) is 0 Å². The number of alkyl halides is 4. The first kappa shape index (κ1) is 26.7. The van der Waals surface area contributed by atoms with Crippen molar-refractivity contribution in [2.45, 2.75) is 95.9 Å². The van der Waals surface area contributed by atoms with Crippen LogP contribution in [0.3, 0.4) is 0 Å². The molecule has 35 heavy (non-hydrogen) atoms. The van der Waals surface area contributed by atoms with Gasteiger partial charge in [0.05, 0.1) is 0 Å². The number of halogens is 4. The fourth-order valence-electron chi connectivity index (χ4n) is 8.91. The lowest BCUT2D eigenvalue weighted by atomic mass is 9.48. The summed E-state index contributed by atoms with van der Waals surface area (Å²) in [5.41, 5.74) is -2.63. The number of rotatable bonds is 6. The zero-order chi connectivity index (χ0) is 25.8. The molecule has 0 radical (unpaired) electrons. The van der Waals surface area contributed by atoms with Crippen LogP contribution in [0.2, 0.25) is 0 Å². The van der Waals surface area contributed by atoms with Crippen LogP contribution in [0.5, 0.6) is 0 Å². The van der Waals surface area contributed by atoms with Crippen molar-refractivity contribution in [1.82, 2.24) is 0 Å². The van der Waals surface area contributed by atoms with Crippen LogP contribution in [0.4, 0.5) is 17.6 Å². The maximum Gasteiger partial charge on any atom is 0.417 e. The van der Waals surface area contributed by atoms with Crippen molar-refractivity contribution >= 4 is 11.9 Å². The molecule has 0 spiro atoms. The lowest BCUT2D eigenvalue weighted by Gasteiger charge is -2.57. The Bertz CT molecular complexity index is 818. The monoisotopic (exact) mass is 506 g/mol.